The minimum Gasteiger partial charge on any atom is -0.316 e. The van der Waals surface area contributed by atoms with Crippen molar-refractivity contribution in [3.63, 3.8) is 0 Å². The van der Waals surface area contributed by atoms with Gasteiger partial charge in [0.15, 0.2) is 0 Å². The average Bonchev–Trinajstić information content (AvgIpc) is 2.38. The van der Waals surface area contributed by atoms with Crippen LogP contribution in [-0.2, 0) is 0 Å². The number of nitrogens with one attached hydrogen (secondary N) is 1. The fourth-order valence-electron chi connectivity index (χ4n) is 3.47. The molecule has 1 unspecified atom stereocenters. The minimum absolute atomic E-state index is 0.850. The third-order valence-electron chi connectivity index (χ3n) is 4.73. The zero-order valence-corrected chi connectivity index (χ0v) is 11.6. The molecule has 2 aliphatic rings. The molecule has 2 heteroatoms. The third-order valence-corrected chi connectivity index (χ3v) is 4.73. The molecule has 0 spiro atoms. The van der Waals surface area contributed by atoms with Gasteiger partial charge < -0.3 is 10.2 Å². The highest BCUT2D eigenvalue weighted by atomic mass is 15.1. The van der Waals surface area contributed by atoms with Crippen molar-refractivity contribution in [3.05, 3.63) is 0 Å². The Morgan fingerprint density at radius 3 is 2.53 bits per heavy atom. The van der Waals surface area contributed by atoms with Gasteiger partial charge in [-0.2, -0.15) is 0 Å². The van der Waals surface area contributed by atoms with Gasteiger partial charge in [0.2, 0.25) is 0 Å². The predicted molar refractivity (Wildman–Crippen MR) is 74.3 cm³/mol. The number of piperidine rings is 1. The molecule has 1 N–H and O–H groups in total. The van der Waals surface area contributed by atoms with E-state index >= 15 is 0 Å². The molecule has 2 rings (SSSR count). The monoisotopic (exact) mass is 238 g/mol. The van der Waals surface area contributed by atoms with E-state index in [-0.39, 0.29) is 0 Å². The van der Waals surface area contributed by atoms with Crippen molar-refractivity contribution in [2.24, 2.45) is 5.92 Å². The Morgan fingerprint density at radius 2 is 1.76 bits per heavy atom. The van der Waals surface area contributed by atoms with Crippen molar-refractivity contribution in [2.75, 3.05) is 26.7 Å². The van der Waals surface area contributed by atoms with Crippen LogP contribution in [0.1, 0.15) is 57.8 Å². The molecular formula is C15H30N2. The molecule has 1 atom stereocenters. The minimum atomic E-state index is 0.850. The molecule has 1 aliphatic carbocycles. The van der Waals surface area contributed by atoms with E-state index in [0.29, 0.717) is 0 Å². The summed E-state index contributed by atoms with van der Waals surface area (Å²) in [6.45, 7) is 3.81. The van der Waals surface area contributed by atoms with E-state index < -0.39 is 0 Å². The second-order valence-electron chi connectivity index (χ2n) is 6.13. The molecule has 17 heavy (non-hydrogen) atoms. The van der Waals surface area contributed by atoms with Crippen molar-refractivity contribution >= 4 is 0 Å². The lowest BCUT2D eigenvalue weighted by Crippen LogP contribution is -2.38. The smallest absolute Gasteiger partial charge is 0.0104 e. The Bertz CT molecular complexity index is 199. The lowest BCUT2D eigenvalue weighted by Gasteiger charge is -2.32. The Hall–Kier alpha value is -0.0800. The van der Waals surface area contributed by atoms with Crippen molar-refractivity contribution in [1.82, 2.24) is 10.2 Å². The van der Waals surface area contributed by atoms with Crippen LogP contribution in [0.15, 0.2) is 0 Å². The molecule has 1 saturated carbocycles. The van der Waals surface area contributed by atoms with Crippen molar-refractivity contribution in [1.29, 1.82) is 0 Å². The summed E-state index contributed by atoms with van der Waals surface area (Å²) < 4.78 is 0. The molecule has 0 aromatic heterocycles. The van der Waals surface area contributed by atoms with Crippen LogP contribution >= 0.6 is 0 Å². The van der Waals surface area contributed by atoms with Crippen LogP contribution in [0.5, 0.6) is 0 Å². The second-order valence-corrected chi connectivity index (χ2v) is 6.13. The zero-order chi connectivity index (χ0) is 11.9. The number of nitrogens with zero attached hydrogens (tertiary/aromatic N) is 1. The maximum Gasteiger partial charge on any atom is 0.0104 e. The summed E-state index contributed by atoms with van der Waals surface area (Å²) in [4.78, 5) is 2.56. The summed E-state index contributed by atoms with van der Waals surface area (Å²) in [7, 11) is 2.30. The van der Waals surface area contributed by atoms with Crippen LogP contribution in [0.3, 0.4) is 0 Å². The van der Waals surface area contributed by atoms with Gasteiger partial charge in [-0.3, -0.25) is 0 Å². The van der Waals surface area contributed by atoms with E-state index in [1.54, 1.807) is 0 Å². The number of likely N-dealkylation sites (tertiary alicyclic amines) is 1. The SMILES string of the molecule is CN1CCCCC1CCNCC1CCCCC1. The normalized spacial score (nSPS) is 28.4. The summed E-state index contributed by atoms with van der Waals surface area (Å²) in [5, 5.41) is 3.70. The number of hydrogen-bond donors (Lipinski definition) is 1. The van der Waals surface area contributed by atoms with Gasteiger partial charge in [-0.05, 0) is 64.7 Å². The van der Waals surface area contributed by atoms with Crippen molar-refractivity contribution in [2.45, 2.75) is 63.8 Å². The summed E-state index contributed by atoms with van der Waals surface area (Å²) in [5.41, 5.74) is 0. The molecule has 0 aromatic carbocycles. The zero-order valence-electron chi connectivity index (χ0n) is 11.6. The quantitative estimate of drug-likeness (QED) is 0.741. The van der Waals surface area contributed by atoms with Crippen LogP contribution in [0.25, 0.3) is 0 Å². The van der Waals surface area contributed by atoms with Gasteiger partial charge >= 0.3 is 0 Å². The first kappa shape index (κ1) is 13.4. The molecule has 1 saturated heterocycles. The summed E-state index contributed by atoms with van der Waals surface area (Å²) in [6, 6.07) is 0.850. The highest BCUT2D eigenvalue weighted by Crippen LogP contribution is 2.23. The van der Waals surface area contributed by atoms with E-state index in [4.69, 9.17) is 0 Å². The van der Waals surface area contributed by atoms with Gasteiger partial charge in [-0.1, -0.05) is 25.7 Å². The molecule has 100 valence electrons. The summed E-state index contributed by atoms with van der Waals surface area (Å²) >= 11 is 0. The fourth-order valence-corrected chi connectivity index (χ4v) is 3.47. The van der Waals surface area contributed by atoms with Gasteiger partial charge in [0, 0.05) is 6.04 Å². The predicted octanol–water partition coefficient (Wildman–Crippen LogP) is 3.03. The van der Waals surface area contributed by atoms with Gasteiger partial charge in [0.05, 0.1) is 0 Å². The van der Waals surface area contributed by atoms with Crippen LogP contribution in [0.2, 0.25) is 0 Å². The van der Waals surface area contributed by atoms with Crippen molar-refractivity contribution in [3.8, 4) is 0 Å². The van der Waals surface area contributed by atoms with Gasteiger partial charge in [-0.15, -0.1) is 0 Å². The molecular weight excluding hydrogens is 208 g/mol. The Morgan fingerprint density at radius 1 is 1.00 bits per heavy atom. The molecule has 2 nitrogen and oxygen atoms in total. The van der Waals surface area contributed by atoms with Gasteiger partial charge in [-0.25, -0.2) is 0 Å². The van der Waals surface area contributed by atoms with Gasteiger partial charge in [0.1, 0.15) is 0 Å². The highest BCUT2D eigenvalue weighted by Gasteiger charge is 2.18. The molecule has 0 aromatic rings. The summed E-state index contributed by atoms with van der Waals surface area (Å²) in [5.74, 6) is 0.979. The van der Waals surface area contributed by atoms with Crippen LogP contribution in [0, 0.1) is 5.92 Å². The lowest BCUT2D eigenvalue weighted by atomic mass is 9.89. The van der Waals surface area contributed by atoms with E-state index in [9.17, 15) is 0 Å². The lowest BCUT2D eigenvalue weighted by molar-refractivity contribution is 0.174. The van der Waals surface area contributed by atoms with Crippen LogP contribution in [0.4, 0.5) is 0 Å². The van der Waals surface area contributed by atoms with Gasteiger partial charge in [0.25, 0.3) is 0 Å². The molecule has 2 fully saturated rings. The maximum atomic E-state index is 3.70. The Balaban J connectivity index is 1.53. The molecule has 0 radical (unpaired) electrons. The number of hydrogen-bond acceptors (Lipinski definition) is 2. The van der Waals surface area contributed by atoms with E-state index in [2.05, 4.69) is 17.3 Å². The standard InChI is InChI=1S/C15H30N2/c1-17-12-6-5-9-15(17)10-11-16-13-14-7-3-2-4-8-14/h14-16H,2-13H2,1H3. The Labute approximate surface area is 107 Å². The summed E-state index contributed by atoms with van der Waals surface area (Å²) in [6.07, 6.45) is 13.0. The highest BCUT2D eigenvalue weighted by molar-refractivity contribution is 4.75. The average molecular weight is 238 g/mol. The molecule has 0 bridgehead atoms. The maximum absolute atomic E-state index is 3.70. The largest absolute Gasteiger partial charge is 0.316 e. The fraction of sp³-hybridized carbons (Fsp3) is 1.00. The van der Waals surface area contributed by atoms with E-state index in [1.165, 1.54) is 77.4 Å². The first-order chi connectivity index (χ1) is 8.36. The Kier molecular flexibility index (Phi) is 5.79. The molecule has 1 aliphatic heterocycles. The number of rotatable bonds is 5. The third kappa shape index (κ3) is 4.59. The topological polar surface area (TPSA) is 15.3 Å². The molecule has 0 amide bonds. The van der Waals surface area contributed by atoms with Crippen LogP contribution in [-0.4, -0.2) is 37.6 Å². The van der Waals surface area contributed by atoms with Crippen LogP contribution < -0.4 is 5.32 Å². The van der Waals surface area contributed by atoms with Crippen molar-refractivity contribution < 1.29 is 0 Å². The first-order valence-corrected chi connectivity index (χ1v) is 7.77. The second kappa shape index (κ2) is 7.38. The first-order valence-electron chi connectivity index (χ1n) is 7.77. The molecule has 1 heterocycles. The van der Waals surface area contributed by atoms with E-state index in [1.807, 2.05) is 0 Å². The van der Waals surface area contributed by atoms with E-state index in [0.717, 1.165) is 12.0 Å².